The van der Waals surface area contributed by atoms with Gasteiger partial charge in [0.2, 0.25) is 5.56 Å². The largest absolute Gasteiger partial charge is 0.352 e. The first-order valence-electron chi connectivity index (χ1n) is 6.37. The molecule has 0 radical (unpaired) electrons. The van der Waals surface area contributed by atoms with Crippen LogP contribution in [-0.2, 0) is 0 Å². The van der Waals surface area contributed by atoms with E-state index >= 15 is 0 Å². The predicted molar refractivity (Wildman–Crippen MR) is 69.3 cm³/mol. The second-order valence-corrected chi connectivity index (χ2v) is 4.84. The summed E-state index contributed by atoms with van der Waals surface area (Å²) in [5, 5.41) is 2.89. The van der Waals surface area contributed by atoms with Crippen LogP contribution in [0.4, 0.5) is 0 Å². The number of amides is 1. The summed E-state index contributed by atoms with van der Waals surface area (Å²) in [5.74, 6) is 0.800. The van der Waals surface area contributed by atoms with Crippen LogP contribution in [0.5, 0.6) is 0 Å². The van der Waals surface area contributed by atoms with Gasteiger partial charge in [-0.15, -0.1) is 0 Å². The van der Waals surface area contributed by atoms with E-state index in [4.69, 9.17) is 5.73 Å². The monoisotopic (exact) mass is 249 g/mol. The third-order valence-electron chi connectivity index (χ3n) is 3.68. The lowest BCUT2D eigenvalue weighted by atomic mass is 9.96. The van der Waals surface area contributed by atoms with Gasteiger partial charge in [0, 0.05) is 24.4 Å². The average Bonchev–Trinajstić information content (AvgIpc) is 2.83. The first kappa shape index (κ1) is 12.8. The molecule has 5 heteroatoms. The third-order valence-corrected chi connectivity index (χ3v) is 3.68. The number of hydrogen-bond acceptors (Lipinski definition) is 3. The number of carbonyl (C=O) groups excluding carboxylic acids is 1. The smallest absolute Gasteiger partial charge is 0.251 e. The Morgan fingerprint density at radius 2 is 2.22 bits per heavy atom. The molecule has 1 heterocycles. The number of hydrogen-bond donors (Lipinski definition) is 3. The molecule has 1 aliphatic rings. The fourth-order valence-corrected chi connectivity index (χ4v) is 2.60. The Morgan fingerprint density at radius 3 is 2.94 bits per heavy atom. The molecule has 0 aliphatic heterocycles. The van der Waals surface area contributed by atoms with Crippen molar-refractivity contribution in [2.75, 3.05) is 13.1 Å². The van der Waals surface area contributed by atoms with Crippen LogP contribution in [0.1, 0.15) is 29.6 Å². The Labute approximate surface area is 106 Å². The molecule has 1 aliphatic carbocycles. The van der Waals surface area contributed by atoms with E-state index in [-0.39, 0.29) is 11.5 Å². The van der Waals surface area contributed by atoms with Gasteiger partial charge in [0.25, 0.3) is 5.91 Å². The highest BCUT2D eigenvalue weighted by Crippen LogP contribution is 2.30. The van der Waals surface area contributed by atoms with Crippen LogP contribution in [-0.4, -0.2) is 24.0 Å². The molecule has 2 rings (SSSR count). The second kappa shape index (κ2) is 5.82. The SMILES string of the molecule is NCC1CCCC1CNC(=O)c1cc[nH]c(=O)c1. The number of rotatable bonds is 4. The highest BCUT2D eigenvalue weighted by atomic mass is 16.2. The molecule has 98 valence electrons. The van der Waals surface area contributed by atoms with E-state index in [0.29, 0.717) is 30.5 Å². The summed E-state index contributed by atoms with van der Waals surface area (Å²) in [6, 6.07) is 2.91. The molecule has 2 unspecified atom stereocenters. The molecule has 4 N–H and O–H groups in total. The number of pyridine rings is 1. The number of aromatic amines is 1. The minimum Gasteiger partial charge on any atom is -0.352 e. The van der Waals surface area contributed by atoms with Crippen LogP contribution in [0.15, 0.2) is 23.1 Å². The number of nitrogens with one attached hydrogen (secondary N) is 2. The molecule has 0 aromatic carbocycles. The second-order valence-electron chi connectivity index (χ2n) is 4.84. The van der Waals surface area contributed by atoms with Crippen LogP contribution >= 0.6 is 0 Å². The van der Waals surface area contributed by atoms with Crippen LogP contribution in [0.25, 0.3) is 0 Å². The maximum absolute atomic E-state index is 11.9. The molecule has 1 fully saturated rings. The van der Waals surface area contributed by atoms with Crippen molar-refractivity contribution in [1.82, 2.24) is 10.3 Å². The molecule has 2 atom stereocenters. The van der Waals surface area contributed by atoms with Crippen molar-refractivity contribution in [2.45, 2.75) is 19.3 Å². The van der Waals surface area contributed by atoms with Gasteiger partial charge in [-0.3, -0.25) is 9.59 Å². The van der Waals surface area contributed by atoms with Crippen molar-refractivity contribution < 1.29 is 4.79 Å². The van der Waals surface area contributed by atoms with Gasteiger partial charge in [0.15, 0.2) is 0 Å². The van der Waals surface area contributed by atoms with Crippen molar-refractivity contribution in [3.8, 4) is 0 Å². The maximum Gasteiger partial charge on any atom is 0.251 e. The van der Waals surface area contributed by atoms with E-state index in [2.05, 4.69) is 10.3 Å². The maximum atomic E-state index is 11.9. The molecule has 0 spiro atoms. The fraction of sp³-hybridized carbons (Fsp3) is 0.538. The zero-order chi connectivity index (χ0) is 13.0. The minimum atomic E-state index is -0.261. The predicted octanol–water partition coefficient (Wildman–Crippen LogP) is 0.480. The van der Waals surface area contributed by atoms with E-state index in [1.807, 2.05) is 0 Å². The highest BCUT2D eigenvalue weighted by molar-refractivity contribution is 5.93. The molecule has 0 bridgehead atoms. The van der Waals surface area contributed by atoms with E-state index < -0.39 is 0 Å². The van der Waals surface area contributed by atoms with Gasteiger partial charge in [-0.1, -0.05) is 6.42 Å². The fourth-order valence-electron chi connectivity index (χ4n) is 2.60. The molecular formula is C13H19N3O2. The Balaban J connectivity index is 1.90. The molecule has 1 saturated carbocycles. The quantitative estimate of drug-likeness (QED) is 0.725. The van der Waals surface area contributed by atoms with Gasteiger partial charge < -0.3 is 16.0 Å². The number of carbonyl (C=O) groups is 1. The van der Waals surface area contributed by atoms with Gasteiger partial charge in [-0.2, -0.15) is 0 Å². The Bertz CT molecular complexity index is 469. The summed E-state index contributed by atoms with van der Waals surface area (Å²) in [4.78, 5) is 25.4. The summed E-state index contributed by atoms with van der Waals surface area (Å²) < 4.78 is 0. The lowest BCUT2D eigenvalue weighted by Crippen LogP contribution is -2.33. The highest BCUT2D eigenvalue weighted by Gasteiger charge is 2.26. The van der Waals surface area contributed by atoms with Crippen molar-refractivity contribution >= 4 is 5.91 Å². The first-order valence-corrected chi connectivity index (χ1v) is 6.37. The Morgan fingerprint density at radius 1 is 1.44 bits per heavy atom. The van der Waals surface area contributed by atoms with Crippen LogP contribution in [0, 0.1) is 11.8 Å². The van der Waals surface area contributed by atoms with Crippen LogP contribution in [0.2, 0.25) is 0 Å². The number of aromatic nitrogens is 1. The zero-order valence-corrected chi connectivity index (χ0v) is 10.3. The molecule has 5 nitrogen and oxygen atoms in total. The van der Waals surface area contributed by atoms with Gasteiger partial charge >= 0.3 is 0 Å². The Hall–Kier alpha value is -1.62. The van der Waals surface area contributed by atoms with Gasteiger partial charge in [0.05, 0.1) is 0 Å². The zero-order valence-electron chi connectivity index (χ0n) is 10.3. The molecule has 18 heavy (non-hydrogen) atoms. The average molecular weight is 249 g/mol. The molecule has 1 amide bonds. The van der Waals surface area contributed by atoms with E-state index in [9.17, 15) is 9.59 Å². The van der Waals surface area contributed by atoms with Gasteiger partial charge in [-0.25, -0.2) is 0 Å². The van der Waals surface area contributed by atoms with Crippen molar-refractivity contribution in [1.29, 1.82) is 0 Å². The van der Waals surface area contributed by atoms with Crippen molar-refractivity contribution in [2.24, 2.45) is 17.6 Å². The van der Waals surface area contributed by atoms with E-state index in [1.54, 1.807) is 6.07 Å². The van der Waals surface area contributed by atoms with Crippen LogP contribution in [0.3, 0.4) is 0 Å². The molecule has 0 saturated heterocycles. The van der Waals surface area contributed by atoms with E-state index in [1.165, 1.54) is 18.7 Å². The topological polar surface area (TPSA) is 88.0 Å². The lowest BCUT2D eigenvalue weighted by Gasteiger charge is -2.18. The summed E-state index contributed by atoms with van der Waals surface area (Å²) in [7, 11) is 0. The summed E-state index contributed by atoms with van der Waals surface area (Å²) >= 11 is 0. The molecular weight excluding hydrogens is 230 g/mol. The number of H-pyrrole nitrogens is 1. The van der Waals surface area contributed by atoms with Crippen molar-refractivity contribution in [3.63, 3.8) is 0 Å². The Kier molecular flexibility index (Phi) is 4.15. The van der Waals surface area contributed by atoms with Crippen molar-refractivity contribution in [3.05, 3.63) is 34.2 Å². The summed E-state index contributed by atoms with van der Waals surface area (Å²) in [6.45, 7) is 1.33. The first-order chi connectivity index (χ1) is 8.70. The standard InChI is InChI=1S/C13H19N3O2/c14-7-10-2-1-3-11(10)8-16-13(18)9-4-5-15-12(17)6-9/h4-6,10-11H,1-3,7-8,14H2,(H,15,17)(H,16,18). The molecule has 1 aromatic heterocycles. The summed E-state index contributed by atoms with van der Waals surface area (Å²) in [5.41, 5.74) is 5.85. The van der Waals surface area contributed by atoms with Crippen LogP contribution < -0.4 is 16.6 Å². The normalized spacial score (nSPS) is 22.9. The third kappa shape index (κ3) is 2.98. The van der Waals surface area contributed by atoms with E-state index in [0.717, 1.165) is 12.8 Å². The minimum absolute atomic E-state index is 0.191. The van der Waals surface area contributed by atoms with Gasteiger partial charge in [-0.05, 0) is 37.3 Å². The summed E-state index contributed by atoms with van der Waals surface area (Å²) in [6.07, 6.45) is 4.95. The number of nitrogens with two attached hydrogens (primary N) is 1. The van der Waals surface area contributed by atoms with Gasteiger partial charge in [0.1, 0.15) is 0 Å². The lowest BCUT2D eigenvalue weighted by molar-refractivity contribution is 0.0944. The molecule has 1 aromatic rings.